The molecule has 6 heteroatoms. The van der Waals surface area contributed by atoms with Crippen molar-refractivity contribution in [1.29, 1.82) is 0 Å². The second-order valence-electron chi connectivity index (χ2n) is 7.40. The highest BCUT2D eigenvalue weighted by Gasteiger charge is 2.11. The van der Waals surface area contributed by atoms with Crippen molar-refractivity contribution in [2.45, 2.75) is 64.7 Å². The molecule has 0 atom stereocenters. The van der Waals surface area contributed by atoms with Crippen LogP contribution in [0.1, 0.15) is 64.7 Å². The van der Waals surface area contributed by atoms with Gasteiger partial charge in [-0.15, -0.1) is 24.0 Å². The molecule has 1 rings (SSSR count). The molecule has 0 radical (unpaired) electrons. The summed E-state index contributed by atoms with van der Waals surface area (Å²) in [4.78, 5) is 9.37. The van der Waals surface area contributed by atoms with E-state index in [0.717, 1.165) is 19.0 Å². The Morgan fingerprint density at radius 3 is 2.19 bits per heavy atom. The van der Waals surface area contributed by atoms with Crippen LogP contribution in [0.5, 0.6) is 0 Å². The number of halogens is 1. The van der Waals surface area contributed by atoms with E-state index in [0.29, 0.717) is 0 Å². The Kier molecular flexibility index (Phi) is 18.2. The summed E-state index contributed by atoms with van der Waals surface area (Å²) in [7, 11) is 4.09. The van der Waals surface area contributed by atoms with E-state index in [9.17, 15) is 0 Å². The Morgan fingerprint density at radius 2 is 1.50 bits per heavy atom. The van der Waals surface area contributed by atoms with E-state index in [4.69, 9.17) is 0 Å². The summed E-state index contributed by atoms with van der Waals surface area (Å²) in [5, 5.41) is 6.90. The molecule has 0 bridgehead atoms. The zero-order valence-corrected chi connectivity index (χ0v) is 19.9. The number of hydrogen-bond acceptors (Lipinski definition) is 3. The van der Waals surface area contributed by atoms with Crippen LogP contribution < -0.4 is 10.6 Å². The molecule has 1 fully saturated rings. The molecule has 1 saturated heterocycles. The summed E-state index contributed by atoms with van der Waals surface area (Å²) in [6.07, 6.45) is 12.0. The number of rotatable bonds is 12. The molecule has 0 aromatic carbocycles. The standard InChI is InChI=1S/C20H43N5.HI/c1-4-5-6-7-8-9-10-13-22-20(21-2)23-14-11-16-25-17-12-15-24(3)18-19-25;/h4-19H2,1-3H3,(H2,21,22,23);1H. The molecule has 0 aromatic rings. The molecule has 0 amide bonds. The lowest BCUT2D eigenvalue weighted by molar-refractivity contribution is 0.274. The van der Waals surface area contributed by atoms with E-state index in [2.05, 4.69) is 39.4 Å². The molecule has 1 aliphatic heterocycles. The molecule has 0 saturated carbocycles. The number of guanidine groups is 1. The Hall–Kier alpha value is -0.0800. The van der Waals surface area contributed by atoms with Crippen LogP contribution >= 0.6 is 24.0 Å². The van der Waals surface area contributed by atoms with Crippen molar-refractivity contribution in [3.05, 3.63) is 0 Å². The lowest BCUT2D eigenvalue weighted by atomic mass is 10.1. The lowest BCUT2D eigenvalue weighted by Crippen LogP contribution is -2.39. The van der Waals surface area contributed by atoms with E-state index in [1.54, 1.807) is 0 Å². The normalized spacial score (nSPS) is 16.8. The Bertz CT molecular complexity index is 338. The first-order valence-corrected chi connectivity index (χ1v) is 10.6. The molecule has 26 heavy (non-hydrogen) atoms. The van der Waals surface area contributed by atoms with Crippen molar-refractivity contribution >= 4 is 29.9 Å². The zero-order chi connectivity index (χ0) is 18.2. The van der Waals surface area contributed by atoms with E-state index < -0.39 is 0 Å². The number of likely N-dealkylation sites (N-methyl/N-ethyl adjacent to an activating group) is 1. The molecule has 0 spiro atoms. The van der Waals surface area contributed by atoms with Crippen molar-refractivity contribution < 1.29 is 0 Å². The van der Waals surface area contributed by atoms with Crippen molar-refractivity contribution in [1.82, 2.24) is 20.4 Å². The summed E-state index contributed by atoms with van der Waals surface area (Å²) in [5.74, 6) is 0.960. The maximum atomic E-state index is 4.33. The second kappa shape index (κ2) is 18.3. The minimum Gasteiger partial charge on any atom is -0.356 e. The number of aliphatic imine (C=N–C) groups is 1. The summed E-state index contributed by atoms with van der Waals surface area (Å²) in [6.45, 7) is 10.4. The summed E-state index contributed by atoms with van der Waals surface area (Å²) in [6, 6.07) is 0. The SMILES string of the molecule is CCCCCCCCCNC(=NC)NCCCN1CCCN(C)CC1.I. The van der Waals surface area contributed by atoms with Gasteiger partial charge >= 0.3 is 0 Å². The van der Waals surface area contributed by atoms with Crippen molar-refractivity contribution in [3.8, 4) is 0 Å². The number of hydrogen-bond donors (Lipinski definition) is 2. The first-order chi connectivity index (χ1) is 12.3. The minimum atomic E-state index is 0. The maximum absolute atomic E-state index is 4.33. The summed E-state index contributed by atoms with van der Waals surface area (Å²) in [5.41, 5.74) is 0. The highest BCUT2D eigenvalue weighted by molar-refractivity contribution is 14.0. The van der Waals surface area contributed by atoms with Crippen molar-refractivity contribution in [2.24, 2.45) is 4.99 Å². The van der Waals surface area contributed by atoms with Gasteiger partial charge in [-0.05, 0) is 45.9 Å². The van der Waals surface area contributed by atoms with Gasteiger partial charge in [0, 0.05) is 33.2 Å². The maximum Gasteiger partial charge on any atom is 0.190 e. The molecule has 2 N–H and O–H groups in total. The second-order valence-corrected chi connectivity index (χ2v) is 7.40. The molecule has 156 valence electrons. The lowest BCUT2D eigenvalue weighted by Gasteiger charge is -2.20. The first kappa shape index (κ1) is 25.9. The van der Waals surface area contributed by atoms with Gasteiger partial charge in [-0.1, -0.05) is 45.4 Å². The van der Waals surface area contributed by atoms with E-state index in [-0.39, 0.29) is 24.0 Å². The fourth-order valence-corrected chi connectivity index (χ4v) is 3.34. The molecule has 1 aliphatic rings. The number of unbranched alkanes of at least 4 members (excludes halogenated alkanes) is 6. The van der Waals surface area contributed by atoms with Gasteiger partial charge in [0.15, 0.2) is 5.96 Å². The molecular formula is C20H44IN5. The fourth-order valence-electron chi connectivity index (χ4n) is 3.34. The fraction of sp³-hybridized carbons (Fsp3) is 0.950. The Labute approximate surface area is 179 Å². The van der Waals surface area contributed by atoms with Crippen molar-refractivity contribution in [3.63, 3.8) is 0 Å². The van der Waals surface area contributed by atoms with Crippen LogP contribution in [0.15, 0.2) is 4.99 Å². The first-order valence-electron chi connectivity index (χ1n) is 10.6. The smallest absolute Gasteiger partial charge is 0.190 e. The van der Waals surface area contributed by atoms with Gasteiger partial charge in [0.2, 0.25) is 0 Å². The molecular weight excluding hydrogens is 437 g/mol. The number of nitrogens with one attached hydrogen (secondary N) is 2. The van der Waals surface area contributed by atoms with Gasteiger partial charge in [-0.25, -0.2) is 0 Å². The van der Waals surface area contributed by atoms with Gasteiger partial charge < -0.3 is 20.4 Å². The van der Waals surface area contributed by atoms with Gasteiger partial charge in [-0.2, -0.15) is 0 Å². The van der Waals surface area contributed by atoms with Crippen LogP contribution in [0.25, 0.3) is 0 Å². The highest BCUT2D eigenvalue weighted by Crippen LogP contribution is 2.06. The zero-order valence-electron chi connectivity index (χ0n) is 17.6. The van der Waals surface area contributed by atoms with E-state index >= 15 is 0 Å². The summed E-state index contributed by atoms with van der Waals surface area (Å²) >= 11 is 0. The van der Waals surface area contributed by atoms with Gasteiger partial charge in [0.05, 0.1) is 0 Å². The van der Waals surface area contributed by atoms with Gasteiger partial charge in [-0.3, -0.25) is 4.99 Å². The van der Waals surface area contributed by atoms with Crippen molar-refractivity contribution in [2.75, 3.05) is 59.9 Å². The monoisotopic (exact) mass is 481 g/mol. The largest absolute Gasteiger partial charge is 0.356 e. The van der Waals surface area contributed by atoms with Crippen LogP contribution in [0.2, 0.25) is 0 Å². The van der Waals surface area contributed by atoms with Crippen LogP contribution in [0, 0.1) is 0 Å². The Balaban J connectivity index is 0.00000625. The van der Waals surface area contributed by atoms with E-state index in [1.165, 1.54) is 90.5 Å². The van der Waals surface area contributed by atoms with Gasteiger partial charge in [0.25, 0.3) is 0 Å². The topological polar surface area (TPSA) is 42.9 Å². The predicted molar refractivity (Wildman–Crippen MR) is 126 cm³/mol. The molecule has 5 nitrogen and oxygen atoms in total. The average molecular weight is 482 g/mol. The van der Waals surface area contributed by atoms with E-state index in [1.807, 2.05) is 7.05 Å². The third kappa shape index (κ3) is 14.0. The Morgan fingerprint density at radius 1 is 0.846 bits per heavy atom. The van der Waals surface area contributed by atoms with Crippen LogP contribution in [0.3, 0.4) is 0 Å². The quantitative estimate of drug-likeness (QED) is 0.194. The van der Waals surface area contributed by atoms with Crippen LogP contribution in [0.4, 0.5) is 0 Å². The van der Waals surface area contributed by atoms with Crippen LogP contribution in [-0.4, -0.2) is 75.7 Å². The summed E-state index contributed by atoms with van der Waals surface area (Å²) < 4.78 is 0. The molecule has 0 aromatic heterocycles. The third-order valence-corrected chi connectivity index (χ3v) is 5.05. The third-order valence-electron chi connectivity index (χ3n) is 5.05. The molecule has 0 unspecified atom stereocenters. The average Bonchev–Trinajstić information content (AvgIpc) is 2.83. The number of nitrogens with zero attached hydrogens (tertiary/aromatic N) is 3. The van der Waals surface area contributed by atoms with Gasteiger partial charge in [0.1, 0.15) is 0 Å². The molecule has 0 aliphatic carbocycles. The highest BCUT2D eigenvalue weighted by atomic mass is 127. The predicted octanol–water partition coefficient (Wildman–Crippen LogP) is 3.55. The molecule has 1 heterocycles. The van der Waals surface area contributed by atoms with Crippen LogP contribution in [-0.2, 0) is 0 Å². The minimum absolute atomic E-state index is 0.